The molecular weight excluding hydrogens is 424 g/mol. The highest BCUT2D eigenvalue weighted by Crippen LogP contribution is 2.38. The molecule has 0 aliphatic carbocycles. The van der Waals surface area contributed by atoms with Crippen LogP contribution in [0, 0.1) is 0 Å². The number of fused-ring (bicyclic) bond motifs is 2. The largest absolute Gasteiger partial charge is 0.354 e. The van der Waals surface area contributed by atoms with Gasteiger partial charge in [-0.25, -0.2) is 9.50 Å². The monoisotopic (exact) mass is 454 g/mol. The number of aromatic amines is 1. The minimum absolute atomic E-state index is 0.401. The number of likely N-dealkylation sites (tertiary alicyclic amines) is 1. The highest BCUT2D eigenvalue weighted by atomic mass is 15.4. The molecule has 6 rings (SSSR count). The number of aryl methyl sites for hydroxylation is 1. The third kappa shape index (κ3) is 3.77. The molecule has 0 unspecified atom stereocenters. The number of hydrogen-bond donors (Lipinski definition) is 1. The van der Waals surface area contributed by atoms with Gasteiger partial charge in [0.25, 0.3) is 0 Å². The predicted molar refractivity (Wildman–Crippen MR) is 133 cm³/mol. The van der Waals surface area contributed by atoms with E-state index in [1.54, 1.807) is 17.2 Å². The van der Waals surface area contributed by atoms with Crippen molar-refractivity contribution in [2.75, 3.05) is 13.1 Å². The fraction of sp³-hybridized carbons (Fsp3) is 0.385. The summed E-state index contributed by atoms with van der Waals surface area (Å²) in [6.07, 6.45) is 7.94. The molecule has 0 atom stereocenters. The zero-order valence-corrected chi connectivity index (χ0v) is 19.9. The van der Waals surface area contributed by atoms with Crippen LogP contribution in [0.25, 0.3) is 27.7 Å². The molecule has 8 heteroatoms. The second kappa shape index (κ2) is 8.36. The number of hydrogen-bond acceptors (Lipinski definition) is 5. The maximum Gasteiger partial charge on any atom is 0.164 e. The third-order valence-electron chi connectivity index (χ3n) is 7.10. The van der Waals surface area contributed by atoms with Crippen molar-refractivity contribution in [3.63, 3.8) is 0 Å². The Labute approximate surface area is 198 Å². The van der Waals surface area contributed by atoms with Gasteiger partial charge >= 0.3 is 0 Å². The lowest BCUT2D eigenvalue weighted by Crippen LogP contribution is -2.32. The molecule has 1 N–H and O–H groups in total. The summed E-state index contributed by atoms with van der Waals surface area (Å²) in [7, 11) is 1.92. The quantitative estimate of drug-likeness (QED) is 0.423. The van der Waals surface area contributed by atoms with Crippen molar-refractivity contribution in [3.05, 3.63) is 66.0 Å². The standard InChI is InChI=1S/C26H30N8/c1-17(2)25-22-12-19(18-8-10-33(11-9-18)15-24-27-16-32(3)30-24)5-7-23(22)29-26(25)20-4-6-21-13-28-31-34(21)14-20/h4-7,12-14,16-18,29H,8-11,15H2,1-3H3. The molecule has 34 heavy (non-hydrogen) atoms. The summed E-state index contributed by atoms with van der Waals surface area (Å²) in [5, 5.41) is 14.0. The van der Waals surface area contributed by atoms with Crippen LogP contribution >= 0.6 is 0 Å². The molecule has 174 valence electrons. The maximum atomic E-state index is 4.43. The van der Waals surface area contributed by atoms with Gasteiger partial charge in [-0.3, -0.25) is 9.58 Å². The number of aromatic nitrogens is 7. The molecule has 1 aliphatic rings. The van der Waals surface area contributed by atoms with E-state index in [1.165, 1.54) is 27.7 Å². The van der Waals surface area contributed by atoms with Gasteiger partial charge in [0.2, 0.25) is 0 Å². The molecule has 0 bridgehead atoms. The van der Waals surface area contributed by atoms with E-state index in [-0.39, 0.29) is 0 Å². The Bertz CT molecular complexity index is 1450. The van der Waals surface area contributed by atoms with E-state index in [2.05, 4.69) is 80.7 Å². The van der Waals surface area contributed by atoms with Crippen LogP contribution in [0.1, 0.15) is 55.5 Å². The summed E-state index contributed by atoms with van der Waals surface area (Å²) in [6, 6.07) is 11.2. The van der Waals surface area contributed by atoms with E-state index in [9.17, 15) is 0 Å². The molecule has 5 aromatic rings. The van der Waals surface area contributed by atoms with Crippen molar-refractivity contribution in [1.29, 1.82) is 0 Å². The molecule has 1 fully saturated rings. The molecule has 0 radical (unpaired) electrons. The van der Waals surface area contributed by atoms with Gasteiger partial charge in [-0.2, -0.15) is 5.10 Å². The minimum Gasteiger partial charge on any atom is -0.354 e. The van der Waals surface area contributed by atoms with Gasteiger partial charge in [0.1, 0.15) is 6.33 Å². The van der Waals surface area contributed by atoms with Crippen LogP contribution in [0.4, 0.5) is 0 Å². The summed E-state index contributed by atoms with van der Waals surface area (Å²) in [6.45, 7) is 7.54. The van der Waals surface area contributed by atoms with Crippen LogP contribution in [0.5, 0.6) is 0 Å². The molecule has 0 saturated carbocycles. The number of H-pyrrole nitrogens is 1. The summed E-state index contributed by atoms with van der Waals surface area (Å²) in [4.78, 5) is 10.6. The first-order valence-corrected chi connectivity index (χ1v) is 12.1. The average molecular weight is 455 g/mol. The van der Waals surface area contributed by atoms with Crippen molar-refractivity contribution in [3.8, 4) is 11.3 Å². The number of nitrogens with zero attached hydrogens (tertiary/aromatic N) is 7. The molecule has 5 heterocycles. The zero-order chi connectivity index (χ0) is 23.2. The summed E-state index contributed by atoms with van der Waals surface area (Å²) in [5.41, 5.74) is 7.32. The van der Waals surface area contributed by atoms with Crippen LogP contribution in [-0.4, -0.2) is 52.6 Å². The van der Waals surface area contributed by atoms with Gasteiger partial charge in [0, 0.05) is 29.7 Å². The number of benzene rings is 1. The highest BCUT2D eigenvalue weighted by Gasteiger charge is 2.23. The Morgan fingerprint density at radius 1 is 1.12 bits per heavy atom. The summed E-state index contributed by atoms with van der Waals surface area (Å²) in [5.74, 6) is 1.90. The van der Waals surface area contributed by atoms with Crippen molar-refractivity contribution in [1.82, 2.24) is 39.5 Å². The van der Waals surface area contributed by atoms with Crippen molar-refractivity contribution < 1.29 is 0 Å². The van der Waals surface area contributed by atoms with Crippen LogP contribution in [0.15, 0.2) is 49.1 Å². The molecule has 1 saturated heterocycles. The fourth-order valence-electron chi connectivity index (χ4n) is 5.36. The van der Waals surface area contributed by atoms with Crippen molar-refractivity contribution in [2.24, 2.45) is 7.05 Å². The molecule has 0 spiro atoms. The van der Waals surface area contributed by atoms with E-state index >= 15 is 0 Å². The lowest BCUT2D eigenvalue weighted by molar-refractivity contribution is 0.200. The van der Waals surface area contributed by atoms with E-state index in [0.29, 0.717) is 11.8 Å². The smallest absolute Gasteiger partial charge is 0.164 e. The van der Waals surface area contributed by atoms with Crippen LogP contribution < -0.4 is 0 Å². The van der Waals surface area contributed by atoms with Crippen molar-refractivity contribution in [2.45, 2.75) is 45.1 Å². The topological polar surface area (TPSA) is 79.9 Å². The van der Waals surface area contributed by atoms with E-state index in [1.807, 2.05) is 11.6 Å². The summed E-state index contributed by atoms with van der Waals surface area (Å²) < 4.78 is 3.61. The van der Waals surface area contributed by atoms with Gasteiger partial charge in [-0.1, -0.05) is 25.1 Å². The van der Waals surface area contributed by atoms with Crippen LogP contribution in [0.3, 0.4) is 0 Å². The SMILES string of the molecule is CC(C)c1c(-c2ccc3cnnn3c2)[nH]c2ccc(C3CCN(Cc4ncn(C)n4)CC3)cc12. The zero-order valence-electron chi connectivity index (χ0n) is 19.9. The number of rotatable bonds is 5. The molecule has 1 aliphatic heterocycles. The van der Waals surface area contributed by atoms with Gasteiger partial charge in [0.15, 0.2) is 5.82 Å². The van der Waals surface area contributed by atoms with Gasteiger partial charge < -0.3 is 4.98 Å². The van der Waals surface area contributed by atoms with E-state index in [4.69, 9.17) is 0 Å². The summed E-state index contributed by atoms with van der Waals surface area (Å²) >= 11 is 0. The first-order chi connectivity index (χ1) is 16.5. The first-order valence-electron chi connectivity index (χ1n) is 12.1. The normalized spacial score (nSPS) is 15.8. The lowest BCUT2D eigenvalue weighted by atomic mass is 9.87. The van der Waals surface area contributed by atoms with E-state index in [0.717, 1.165) is 49.4 Å². The second-order valence-corrected chi connectivity index (χ2v) is 9.78. The van der Waals surface area contributed by atoms with E-state index < -0.39 is 0 Å². The number of nitrogens with one attached hydrogen (secondary N) is 1. The van der Waals surface area contributed by atoms with Gasteiger partial charge in [0.05, 0.1) is 24.0 Å². The highest BCUT2D eigenvalue weighted by molar-refractivity contribution is 5.92. The molecule has 0 amide bonds. The predicted octanol–water partition coefficient (Wildman–Crippen LogP) is 4.51. The van der Waals surface area contributed by atoms with Gasteiger partial charge in [-0.15, -0.1) is 5.10 Å². The second-order valence-electron chi connectivity index (χ2n) is 9.78. The number of piperidine rings is 1. The van der Waals surface area contributed by atoms with Crippen LogP contribution in [0.2, 0.25) is 0 Å². The third-order valence-corrected chi connectivity index (χ3v) is 7.10. The first kappa shape index (κ1) is 21.0. The van der Waals surface area contributed by atoms with Crippen LogP contribution in [-0.2, 0) is 13.6 Å². The maximum absolute atomic E-state index is 4.43. The number of pyridine rings is 1. The average Bonchev–Trinajstić information content (AvgIpc) is 3.56. The molecule has 4 aromatic heterocycles. The molecule has 1 aromatic carbocycles. The van der Waals surface area contributed by atoms with Gasteiger partial charge in [-0.05, 0) is 73.2 Å². The van der Waals surface area contributed by atoms with Crippen molar-refractivity contribution >= 4 is 16.4 Å². The lowest BCUT2D eigenvalue weighted by Gasteiger charge is -2.31. The Balaban J connectivity index is 1.27. The Kier molecular flexibility index (Phi) is 5.17. The Morgan fingerprint density at radius 2 is 1.97 bits per heavy atom. The molecular formula is C26H30N8. The molecule has 8 nitrogen and oxygen atoms in total. The minimum atomic E-state index is 0.401. The Hall–Kier alpha value is -3.52. The Morgan fingerprint density at radius 3 is 2.74 bits per heavy atom. The fourth-order valence-corrected chi connectivity index (χ4v) is 5.36.